The molecule has 1 aromatic heterocycles. The highest BCUT2D eigenvalue weighted by Gasteiger charge is 2.24. The molecule has 1 aromatic rings. The summed E-state index contributed by atoms with van der Waals surface area (Å²) in [5.74, 6) is 0.725. The normalized spacial score (nSPS) is 20.3. The Morgan fingerprint density at radius 1 is 1.47 bits per heavy atom. The number of rotatable bonds is 6. The van der Waals surface area contributed by atoms with Crippen molar-refractivity contribution in [2.24, 2.45) is 5.92 Å². The van der Waals surface area contributed by atoms with Crippen LogP contribution in [0.5, 0.6) is 0 Å². The van der Waals surface area contributed by atoms with E-state index in [0.29, 0.717) is 6.04 Å². The average Bonchev–Trinajstić information content (AvgIpc) is 2.79. The first kappa shape index (κ1) is 14.9. The molecule has 3 nitrogen and oxygen atoms in total. The Morgan fingerprint density at radius 2 is 2.32 bits per heavy atom. The Bertz CT molecular complexity index is 377. The predicted molar refractivity (Wildman–Crippen MR) is 83.1 cm³/mol. The minimum Gasteiger partial charge on any atom is -0.315 e. The highest BCUT2D eigenvalue weighted by molar-refractivity contribution is 9.10. The van der Waals surface area contributed by atoms with Crippen LogP contribution in [0.4, 0.5) is 0 Å². The smallest absolute Gasteiger partial charge is 0.0544 e. The van der Waals surface area contributed by atoms with E-state index in [1.54, 1.807) is 0 Å². The fraction of sp³-hybridized carbons (Fsp3) is 0.667. The summed E-state index contributed by atoms with van der Waals surface area (Å²) in [7, 11) is 0. The standard InChI is InChI=1S/C15H24BrN3/c1-12(2)8-17-10-15-4-3-7-19(15)11-14-6-5-13(16)9-18-14/h5-6,9,12,15,17H,3-4,7-8,10-11H2,1-2H3. The Morgan fingerprint density at radius 3 is 3.00 bits per heavy atom. The number of nitrogens with zero attached hydrogens (tertiary/aromatic N) is 2. The number of hydrogen-bond acceptors (Lipinski definition) is 3. The van der Waals surface area contributed by atoms with Gasteiger partial charge in [-0.2, -0.15) is 0 Å². The molecule has 0 amide bonds. The van der Waals surface area contributed by atoms with E-state index in [0.717, 1.165) is 30.0 Å². The van der Waals surface area contributed by atoms with Crippen molar-refractivity contribution in [3.05, 3.63) is 28.5 Å². The van der Waals surface area contributed by atoms with Crippen LogP contribution >= 0.6 is 15.9 Å². The van der Waals surface area contributed by atoms with Crippen LogP contribution in [0.25, 0.3) is 0 Å². The van der Waals surface area contributed by atoms with Crippen molar-refractivity contribution in [2.45, 2.75) is 39.3 Å². The van der Waals surface area contributed by atoms with Crippen LogP contribution in [0, 0.1) is 5.92 Å². The fourth-order valence-electron chi connectivity index (χ4n) is 2.58. The predicted octanol–water partition coefficient (Wildman–Crippen LogP) is 3.05. The number of likely N-dealkylation sites (tertiary alicyclic amines) is 1. The summed E-state index contributed by atoms with van der Waals surface area (Å²) in [6.07, 6.45) is 4.50. The molecule has 2 rings (SSSR count). The summed E-state index contributed by atoms with van der Waals surface area (Å²) < 4.78 is 1.05. The van der Waals surface area contributed by atoms with E-state index in [-0.39, 0.29) is 0 Å². The molecule has 2 heterocycles. The summed E-state index contributed by atoms with van der Waals surface area (Å²) >= 11 is 3.43. The van der Waals surface area contributed by atoms with Gasteiger partial charge in [0.1, 0.15) is 0 Å². The minimum atomic E-state index is 0.671. The van der Waals surface area contributed by atoms with E-state index in [1.807, 2.05) is 6.20 Å². The van der Waals surface area contributed by atoms with Crippen LogP contribution in [0.15, 0.2) is 22.8 Å². The molecule has 0 aliphatic carbocycles. The summed E-state index contributed by atoms with van der Waals surface area (Å²) in [5, 5.41) is 3.58. The largest absolute Gasteiger partial charge is 0.315 e. The minimum absolute atomic E-state index is 0.671. The average molecular weight is 326 g/mol. The van der Waals surface area contributed by atoms with Crippen molar-refractivity contribution in [1.82, 2.24) is 15.2 Å². The van der Waals surface area contributed by atoms with Crippen LogP contribution in [-0.2, 0) is 6.54 Å². The fourth-order valence-corrected chi connectivity index (χ4v) is 2.82. The second-order valence-corrected chi connectivity index (χ2v) is 6.70. The third-order valence-corrected chi connectivity index (χ3v) is 4.05. The highest BCUT2D eigenvalue weighted by atomic mass is 79.9. The van der Waals surface area contributed by atoms with Crippen LogP contribution in [0.1, 0.15) is 32.4 Å². The van der Waals surface area contributed by atoms with Crippen molar-refractivity contribution in [2.75, 3.05) is 19.6 Å². The maximum Gasteiger partial charge on any atom is 0.0544 e. The first-order valence-corrected chi connectivity index (χ1v) is 7.99. The second kappa shape index (κ2) is 7.36. The van der Waals surface area contributed by atoms with Crippen LogP contribution in [0.2, 0.25) is 0 Å². The lowest BCUT2D eigenvalue weighted by atomic mass is 10.2. The molecule has 1 saturated heterocycles. The van der Waals surface area contributed by atoms with Gasteiger partial charge in [-0.1, -0.05) is 13.8 Å². The zero-order valence-electron chi connectivity index (χ0n) is 11.9. The van der Waals surface area contributed by atoms with E-state index in [1.165, 1.54) is 25.1 Å². The van der Waals surface area contributed by atoms with Gasteiger partial charge >= 0.3 is 0 Å². The first-order valence-electron chi connectivity index (χ1n) is 7.20. The highest BCUT2D eigenvalue weighted by Crippen LogP contribution is 2.19. The molecule has 1 aliphatic rings. The van der Waals surface area contributed by atoms with Crippen LogP contribution in [-0.4, -0.2) is 35.6 Å². The van der Waals surface area contributed by atoms with Crippen molar-refractivity contribution in [1.29, 1.82) is 0 Å². The van der Waals surface area contributed by atoms with E-state index < -0.39 is 0 Å². The van der Waals surface area contributed by atoms with Gasteiger partial charge < -0.3 is 5.32 Å². The number of aromatic nitrogens is 1. The lowest BCUT2D eigenvalue weighted by Gasteiger charge is -2.24. The third kappa shape index (κ3) is 4.86. The zero-order chi connectivity index (χ0) is 13.7. The van der Waals surface area contributed by atoms with Gasteiger partial charge in [0.2, 0.25) is 0 Å². The number of halogens is 1. The molecule has 0 bridgehead atoms. The molecule has 1 unspecified atom stereocenters. The van der Waals surface area contributed by atoms with Gasteiger partial charge in [0.05, 0.1) is 5.69 Å². The molecular formula is C15H24BrN3. The van der Waals surface area contributed by atoms with Gasteiger partial charge in [0.15, 0.2) is 0 Å². The number of hydrogen-bond donors (Lipinski definition) is 1. The van der Waals surface area contributed by atoms with Crippen LogP contribution in [0.3, 0.4) is 0 Å². The Labute approximate surface area is 124 Å². The number of pyridine rings is 1. The van der Waals surface area contributed by atoms with Gasteiger partial charge in [-0.3, -0.25) is 9.88 Å². The van der Waals surface area contributed by atoms with Gasteiger partial charge in [-0.05, 0) is 59.9 Å². The van der Waals surface area contributed by atoms with Gasteiger partial charge in [-0.25, -0.2) is 0 Å². The van der Waals surface area contributed by atoms with E-state index in [2.05, 4.69) is 57.1 Å². The van der Waals surface area contributed by atoms with Crippen LogP contribution < -0.4 is 5.32 Å². The quantitative estimate of drug-likeness (QED) is 0.871. The Kier molecular flexibility index (Phi) is 5.79. The summed E-state index contributed by atoms with van der Waals surface area (Å²) in [6, 6.07) is 4.86. The molecule has 0 radical (unpaired) electrons. The van der Waals surface area contributed by atoms with E-state index in [9.17, 15) is 0 Å². The SMILES string of the molecule is CC(C)CNCC1CCCN1Cc1ccc(Br)cn1. The summed E-state index contributed by atoms with van der Waals surface area (Å²) in [4.78, 5) is 7.03. The topological polar surface area (TPSA) is 28.2 Å². The van der Waals surface area contributed by atoms with Crippen molar-refractivity contribution in [3.63, 3.8) is 0 Å². The molecule has 1 aliphatic heterocycles. The maximum absolute atomic E-state index is 4.48. The Hall–Kier alpha value is -0.450. The molecule has 1 fully saturated rings. The van der Waals surface area contributed by atoms with Gasteiger partial charge in [-0.15, -0.1) is 0 Å². The van der Waals surface area contributed by atoms with Gasteiger partial charge in [0.25, 0.3) is 0 Å². The van der Waals surface area contributed by atoms with Crippen molar-refractivity contribution >= 4 is 15.9 Å². The molecule has 0 spiro atoms. The molecule has 1 atom stereocenters. The summed E-state index contributed by atoms with van der Waals surface area (Å²) in [6.45, 7) is 8.90. The van der Waals surface area contributed by atoms with Crippen molar-refractivity contribution < 1.29 is 0 Å². The lowest BCUT2D eigenvalue weighted by molar-refractivity contribution is 0.235. The summed E-state index contributed by atoms with van der Waals surface area (Å²) in [5.41, 5.74) is 1.17. The third-order valence-electron chi connectivity index (χ3n) is 3.59. The molecule has 4 heteroatoms. The number of nitrogens with one attached hydrogen (secondary N) is 1. The monoisotopic (exact) mass is 325 g/mol. The lowest BCUT2D eigenvalue weighted by Crippen LogP contribution is -2.38. The maximum atomic E-state index is 4.48. The second-order valence-electron chi connectivity index (χ2n) is 5.79. The molecule has 0 saturated carbocycles. The molecule has 19 heavy (non-hydrogen) atoms. The van der Waals surface area contributed by atoms with Gasteiger partial charge in [0, 0.05) is 29.8 Å². The van der Waals surface area contributed by atoms with E-state index in [4.69, 9.17) is 0 Å². The molecule has 106 valence electrons. The molecule has 0 aromatic carbocycles. The van der Waals surface area contributed by atoms with Crippen molar-refractivity contribution in [3.8, 4) is 0 Å². The Balaban J connectivity index is 1.83. The molecular weight excluding hydrogens is 302 g/mol. The first-order chi connectivity index (χ1) is 9.15. The zero-order valence-corrected chi connectivity index (χ0v) is 13.5. The van der Waals surface area contributed by atoms with E-state index >= 15 is 0 Å². The molecule has 1 N–H and O–H groups in total.